The molecule has 2 fully saturated rings. The largest absolute Gasteiger partial charge is 0.385 e. The molecule has 4 heteroatoms. The Morgan fingerprint density at radius 2 is 1.84 bits per heavy atom. The van der Waals surface area contributed by atoms with E-state index in [1.54, 1.807) is 4.68 Å². The summed E-state index contributed by atoms with van der Waals surface area (Å²) in [6.45, 7) is 2.29. The van der Waals surface area contributed by atoms with Gasteiger partial charge in [-0.15, -0.1) is 0 Å². The standard InChI is InChI=1S/C15H25N3O/c1-17-12-7-13(16-17)14(19)15(8-3-4-9-15)18-10-5-2-6-11-18/h7,12,14,19H,2-6,8-11H2,1H3. The number of rotatable bonds is 3. The fraction of sp³-hybridized carbons (Fsp3) is 0.800. The van der Waals surface area contributed by atoms with Gasteiger partial charge in [-0.1, -0.05) is 19.3 Å². The first kappa shape index (κ1) is 13.1. The van der Waals surface area contributed by atoms with Gasteiger partial charge in [0, 0.05) is 13.2 Å². The lowest BCUT2D eigenvalue weighted by Crippen LogP contribution is -2.53. The number of aliphatic hydroxyl groups is 1. The van der Waals surface area contributed by atoms with E-state index in [-0.39, 0.29) is 5.54 Å². The molecule has 1 aliphatic carbocycles. The number of hydrogen-bond acceptors (Lipinski definition) is 3. The first-order valence-corrected chi connectivity index (χ1v) is 7.65. The van der Waals surface area contributed by atoms with Gasteiger partial charge in [0.15, 0.2) is 0 Å². The van der Waals surface area contributed by atoms with Crippen LogP contribution in [0.15, 0.2) is 12.3 Å². The summed E-state index contributed by atoms with van der Waals surface area (Å²) in [6.07, 6.45) is 10.1. The van der Waals surface area contributed by atoms with Gasteiger partial charge in [0.2, 0.25) is 0 Å². The second kappa shape index (κ2) is 5.25. The molecule has 1 unspecified atom stereocenters. The van der Waals surface area contributed by atoms with Crippen molar-refractivity contribution in [3.63, 3.8) is 0 Å². The second-order valence-electron chi connectivity index (χ2n) is 6.18. The quantitative estimate of drug-likeness (QED) is 0.909. The molecule has 0 spiro atoms. The SMILES string of the molecule is Cn1ccc(C(O)C2(N3CCCCC3)CCCC2)n1. The van der Waals surface area contributed by atoms with Crippen molar-refractivity contribution in [2.45, 2.75) is 56.6 Å². The number of likely N-dealkylation sites (tertiary alicyclic amines) is 1. The molecule has 3 rings (SSSR count). The first-order chi connectivity index (χ1) is 9.22. The van der Waals surface area contributed by atoms with Crippen LogP contribution < -0.4 is 0 Å². The van der Waals surface area contributed by atoms with Crippen LogP contribution in [-0.4, -0.2) is 38.4 Å². The molecule has 1 saturated heterocycles. The molecule has 1 aliphatic heterocycles. The monoisotopic (exact) mass is 263 g/mol. The Kier molecular flexibility index (Phi) is 3.63. The highest BCUT2D eigenvalue weighted by atomic mass is 16.3. The van der Waals surface area contributed by atoms with Crippen molar-refractivity contribution in [1.29, 1.82) is 0 Å². The van der Waals surface area contributed by atoms with E-state index in [2.05, 4.69) is 10.00 Å². The minimum Gasteiger partial charge on any atom is -0.385 e. The normalized spacial score (nSPS) is 25.6. The molecule has 4 nitrogen and oxygen atoms in total. The summed E-state index contributed by atoms with van der Waals surface area (Å²) in [5.41, 5.74) is 0.796. The Morgan fingerprint density at radius 1 is 1.16 bits per heavy atom. The van der Waals surface area contributed by atoms with Gasteiger partial charge in [0.1, 0.15) is 6.10 Å². The molecule has 1 atom stereocenters. The summed E-state index contributed by atoms with van der Waals surface area (Å²) in [6, 6.07) is 1.97. The third kappa shape index (κ3) is 2.32. The predicted molar refractivity (Wildman–Crippen MR) is 74.8 cm³/mol. The third-order valence-electron chi connectivity index (χ3n) is 4.98. The van der Waals surface area contributed by atoms with E-state index in [9.17, 15) is 5.11 Å². The molecule has 1 aromatic rings. The highest BCUT2D eigenvalue weighted by Gasteiger charge is 2.46. The van der Waals surface area contributed by atoms with Gasteiger partial charge in [-0.05, 0) is 44.8 Å². The molecular formula is C15H25N3O. The van der Waals surface area contributed by atoms with E-state index in [4.69, 9.17) is 0 Å². The van der Waals surface area contributed by atoms with E-state index in [1.807, 2.05) is 19.3 Å². The molecule has 1 N–H and O–H groups in total. The zero-order valence-electron chi connectivity index (χ0n) is 11.9. The third-order valence-corrected chi connectivity index (χ3v) is 4.98. The maximum Gasteiger partial charge on any atom is 0.116 e. The summed E-state index contributed by atoms with van der Waals surface area (Å²) in [7, 11) is 1.92. The predicted octanol–water partition coefficient (Wildman–Crippen LogP) is 2.25. The van der Waals surface area contributed by atoms with E-state index in [0.717, 1.165) is 31.6 Å². The number of aliphatic hydroxyl groups excluding tert-OH is 1. The van der Waals surface area contributed by atoms with Crippen LogP contribution in [0.3, 0.4) is 0 Å². The van der Waals surface area contributed by atoms with Crippen LogP contribution >= 0.6 is 0 Å². The van der Waals surface area contributed by atoms with E-state index >= 15 is 0 Å². The highest BCUT2D eigenvalue weighted by molar-refractivity contribution is 5.13. The summed E-state index contributed by atoms with van der Waals surface area (Å²) in [5, 5.41) is 15.4. The van der Waals surface area contributed by atoms with Gasteiger partial charge in [-0.3, -0.25) is 9.58 Å². The van der Waals surface area contributed by atoms with Crippen molar-refractivity contribution >= 4 is 0 Å². The van der Waals surface area contributed by atoms with Crippen LogP contribution in [0.25, 0.3) is 0 Å². The zero-order chi connectivity index (χ0) is 13.3. The molecule has 0 bridgehead atoms. The van der Waals surface area contributed by atoms with Gasteiger partial charge in [0.25, 0.3) is 0 Å². The molecule has 1 aromatic heterocycles. The number of piperidine rings is 1. The zero-order valence-corrected chi connectivity index (χ0v) is 11.9. The lowest BCUT2D eigenvalue weighted by atomic mass is 9.85. The van der Waals surface area contributed by atoms with Gasteiger partial charge < -0.3 is 5.11 Å². The minimum atomic E-state index is -0.436. The highest BCUT2D eigenvalue weighted by Crippen LogP contribution is 2.45. The van der Waals surface area contributed by atoms with Crippen molar-refractivity contribution < 1.29 is 5.11 Å². The van der Waals surface area contributed by atoms with E-state index in [0.29, 0.717) is 0 Å². The van der Waals surface area contributed by atoms with Gasteiger partial charge in [-0.2, -0.15) is 5.10 Å². The Labute approximate surface area is 115 Å². The van der Waals surface area contributed by atoms with E-state index < -0.39 is 6.10 Å². The van der Waals surface area contributed by atoms with Crippen LogP contribution in [0.5, 0.6) is 0 Å². The van der Waals surface area contributed by atoms with Gasteiger partial charge in [-0.25, -0.2) is 0 Å². The molecule has 2 aliphatic rings. The van der Waals surface area contributed by atoms with Gasteiger partial charge in [0.05, 0.1) is 11.2 Å². The lowest BCUT2D eigenvalue weighted by Gasteiger charge is -2.46. The fourth-order valence-electron chi connectivity index (χ4n) is 3.94. The van der Waals surface area contributed by atoms with Crippen molar-refractivity contribution in [2.24, 2.45) is 7.05 Å². The van der Waals surface area contributed by atoms with Crippen LogP contribution in [0.2, 0.25) is 0 Å². The van der Waals surface area contributed by atoms with Crippen LogP contribution in [-0.2, 0) is 7.05 Å². The van der Waals surface area contributed by atoms with Crippen molar-refractivity contribution in [3.8, 4) is 0 Å². The topological polar surface area (TPSA) is 41.3 Å². The number of aromatic nitrogens is 2. The van der Waals surface area contributed by atoms with Crippen molar-refractivity contribution in [1.82, 2.24) is 14.7 Å². The van der Waals surface area contributed by atoms with Crippen molar-refractivity contribution in [2.75, 3.05) is 13.1 Å². The molecule has 19 heavy (non-hydrogen) atoms. The number of hydrogen-bond donors (Lipinski definition) is 1. The smallest absolute Gasteiger partial charge is 0.116 e. The van der Waals surface area contributed by atoms with Crippen LogP contribution in [0.1, 0.15) is 56.7 Å². The first-order valence-electron chi connectivity index (χ1n) is 7.65. The Morgan fingerprint density at radius 3 is 2.42 bits per heavy atom. The fourth-order valence-corrected chi connectivity index (χ4v) is 3.94. The molecule has 0 radical (unpaired) electrons. The Hall–Kier alpha value is -0.870. The molecule has 0 aromatic carbocycles. The average molecular weight is 263 g/mol. The maximum atomic E-state index is 10.9. The molecule has 106 valence electrons. The van der Waals surface area contributed by atoms with E-state index in [1.165, 1.54) is 32.1 Å². The Bertz CT molecular complexity index is 417. The summed E-state index contributed by atoms with van der Waals surface area (Å²) >= 11 is 0. The van der Waals surface area contributed by atoms with Gasteiger partial charge >= 0.3 is 0 Å². The van der Waals surface area contributed by atoms with Crippen molar-refractivity contribution in [3.05, 3.63) is 18.0 Å². The van der Waals surface area contributed by atoms with Crippen LogP contribution in [0, 0.1) is 0 Å². The average Bonchev–Trinajstić information content (AvgIpc) is 3.08. The summed E-state index contributed by atoms with van der Waals surface area (Å²) < 4.78 is 1.79. The molecule has 0 amide bonds. The number of nitrogens with zero attached hydrogens (tertiary/aromatic N) is 3. The number of aryl methyl sites for hydroxylation is 1. The minimum absolute atomic E-state index is 0.0469. The molecule has 2 heterocycles. The van der Waals surface area contributed by atoms with Crippen LogP contribution in [0.4, 0.5) is 0 Å². The Balaban J connectivity index is 1.86. The molecule has 1 saturated carbocycles. The summed E-state index contributed by atoms with van der Waals surface area (Å²) in [4.78, 5) is 2.56. The second-order valence-corrected chi connectivity index (χ2v) is 6.18. The summed E-state index contributed by atoms with van der Waals surface area (Å²) in [5.74, 6) is 0. The lowest BCUT2D eigenvalue weighted by molar-refractivity contribution is -0.0426. The maximum absolute atomic E-state index is 10.9. The molecular weight excluding hydrogens is 238 g/mol.